The molecule has 2 nitrogen and oxygen atoms in total. The van der Waals surface area contributed by atoms with Crippen LogP contribution in [0, 0.1) is 0 Å². The van der Waals surface area contributed by atoms with Gasteiger partial charge in [0.15, 0.2) is 0 Å². The van der Waals surface area contributed by atoms with Gasteiger partial charge in [0.25, 0.3) is 0 Å². The summed E-state index contributed by atoms with van der Waals surface area (Å²) in [5.74, 6) is 1.95. The van der Waals surface area contributed by atoms with E-state index < -0.39 is 0 Å². The second-order valence-corrected chi connectivity index (χ2v) is 10.8. The molecule has 2 rings (SSSR count). The normalized spacial score (nSPS) is 11.0. The number of unbranched alkanes of at least 4 members (excludes halogenated alkanes) is 14. The Bertz CT molecular complexity index is 663. The summed E-state index contributed by atoms with van der Waals surface area (Å²) in [6.07, 6.45) is 21.3. The van der Waals surface area contributed by atoms with E-state index in [0.717, 1.165) is 37.6 Å². The summed E-state index contributed by atoms with van der Waals surface area (Å²) in [6.45, 7) is 6.19. The van der Waals surface area contributed by atoms with E-state index in [1.165, 1.54) is 99.7 Å². The van der Waals surface area contributed by atoms with Crippen LogP contribution in [0.25, 0.3) is 0 Å². The Kier molecular flexibility index (Phi) is 17.4. The molecule has 0 saturated heterocycles. The molecule has 0 spiro atoms. The highest BCUT2D eigenvalue weighted by atomic mass is 32.2. The van der Waals surface area contributed by atoms with Gasteiger partial charge < -0.3 is 9.47 Å². The molecule has 196 valence electrons. The lowest BCUT2D eigenvalue weighted by Crippen LogP contribution is -1.97. The van der Waals surface area contributed by atoms with Gasteiger partial charge in [-0.3, -0.25) is 0 Å². The average molecular weight is 499 g/mol. The Morgan fingerprint density at radius 2 is 0.743 bits per heavy atom. The third-order valence-electron chi connectivity index (χ3n) is 6.42. The van der Waals surface area contributed by atoms with Crippen LogP contribution in [0.1, 0.15) is 117 Å². The summed E-state index contributed by atoms with van der Waals surface area (Å²) in [5.41, 5.74) is 0. The van der Waals surface area contributed by atoms with E-state index in [1.807, 2.05) is 0 Å². The Hall–Kier alpha value is -1.61. The summed E-state index contributed by atoms with van der Waals surface area (Å²) >= 11 is 1.78. The zero-order valence-electron chi connectivity index (χ0n) is 22.6. The Morgan fingerprint density at radius 1 is 0.429 bits per heavy atom. The predicted octanol–water partition coefficient (Wildman–Crippen LogP) is 10.9. The Balaban J connectivity index is 1.54. The van der Waals surface area contributed by atoms with Crippen LogP contribution in [0.2, 0.25) is 0 Å². The maximum Gasteiger partial charge on any atom is 0.119 e. The molecule has 0 aliphatic rings. The highest BCUT2D eigenvalue weighted by molar-refractivity contribution is 7.99. The van der Waals surface area contributed by atoms with E-state index in [2.05, 4.69) is 62.4 Å². The van der Waals surface area contributed by atoms with Gasteiger partial charge in [0, 0.05) is 9.79 Å². The summed E-state index contributed by atoms with van der Waals surface area (Å²) < 4.78 is 11.9. The van der Waals surface area contributed by atoms with Gasteiger partial charge in [-0.2, -0.15) is 0 Å². The van der Waals surface area contributed by atoms with E-state index in [9.17, 15) is 0 Å². The lowest BCUT2D eigenvalue weighted by Gasteiger charge is -2.09. The van der Waals surface area contributed by atoms with Crippen LogP contribution < -0.4 is 9.47 Å². The second-order valence-electron chi connectivity index (χ2n) is 9.69. The quantitative estimate of drug-likeness (QED) is 0.150. The third-order valence-corrected chi connectivity index (χ3v) is 7.43. The fourth-order valence-electron chi connectivity index (χ4n) is 4.20. The molecule has 0 aliphatic carbocycles. The molecule has 0 amide bonds. The van der Waals surface area contributed by atoms with Crippen LogP contribution in [-0.4, -0.2) is 13.2 Å². The van der Waals surface area contributed by atoms with Crippen LogP contribution in [0.4, 0.5) is 0 Å². The molecule has 0 heterocycles. The van der Waals surface area contributed by atoms with Crippen LogP contribution in [0.15, 0.2) is 58.3 Å². The summed E-state index contributed by atoms with van der Waals surface area (Å²) in [7, 11) is 0. The highest BCUT2D eigenvalue weighted by Crippen LogP contribution is 2.30. The lowest BCUT2D eigenvalue weighted by molar-refractivity contribution is 0.304. The molecule has 2 aromatic carbocycles. The van der Waals surface area contributed by atoms with E-state index >= 15 is 0 Å². The van der Waals surface area contributed by atoms with Gasteiger partial charge in [-0.25, -0.2) is 0 Å². The highest BCUT2D eigenvalue weighted by Gasteiger charge is 2.01. The van der Waals surface area contributed by atoms with E-state index in [4.69, 9.17) is 9.47 Å². The van der Waals surface area contributed by atoms with Crippen molar-refractivity contribution in [1.29, 1.82) is 0 Å². The molecule has 35 heavy (non-hydrogen) atoms. The standard InChI is InChI=1S/C32H50O2S/c1-3-5-7-9-11-13-15-17-27-33-29-19-23-31(24-20-29)35-32-25-21-30(22-26-32)34-28-18-16-14-12-10-8-6-4-2/h19-26H,3-18,27-28H2,1-2H3. The summed E-state index contributed by atoms with van der Waals surface area (Å²) in [4.78, 5) is 2.47. The van der Waals surface area contributed by atoms with Crippen molar-refractivity contribution in [2.45, 2.75) is 126 Å². The lowest BCUT2D eigenvalue weighted by atomic mass is 10.1. The van der Waals surface area contributed by atoms with Crippen molar-refractivity contribution in [3.8, 4) is 11.5 Å². The zero-order valence-corrected chi connectivity index (χ0v) is 23.4. The number of hydrogen-bond acceptors (Lipinski definition) is 3. The van der Waals surface area contributed by atoms with Crippen molar-refractivity contribution in [3.63, 3.8) is 0 Å². The minimum atomic E-state index is 0.821. The van der Waals surface area contributed by atoms with Gasteiger partial charge in [-0.1, -0.05) is 116 Å². The molecule has 0 N–H and O–H groups in total. The van der Waals surface area contributed by atoms with E-state index in [0.29, 0.717) is 0 Å². The number of hydrogen-bond donors (Lipinski definition) is 0. The molecule has 0 aliphatic heterocycles. The van der Waals surface area contributed by atoms with Gasteiger partial charge in [0.05, 0.1) is 13.2 Å². The van der Waals surface area contributed by atoms with Crippen molar-refractivity contribution in [1.82, 2.24) is 0 Å². The molecule has 0 fully saturated rings. The fourth-order valence-corrected chi connectivity index (χ4v) is 5.01. The van der Waals surface area contributed by atoms with Crippen molar-refractivity contribution in [3.05, 3.63) is 48.5 Å². The number of benzene rings is 2. The van der Waals surface area contributed by atoms with Crippen LogP contribution in [0.5, 0.6) is 11.5 Å². The number of ether oxygens (including phenoxy) is 2. The maximum atomic E-state index is 5.93. The third kappa shape index (κ3) is 15.2. The minimum Gasteiger partial charge on any atom is -0.494 e. The second kappa shape index (κ2) is 20.6. The van der Waals surface area contributed by atoms with Crippen molar-refractivity contribution in [2.75, 3.05) is 13.2 Å². The smallest absolute Gasteiger partial charge is 0.119 e. The number of rotatable bonds is 22. The first-order valence-electron chi connectivity index (χ1n) is 14.5. The molecule has 0 atom stereocenters. The Morgan fingerprint density at radius 3 is 1.09 bits per heavy atom. The van der Waals surface area contributed by atoms with Gasteiger partial charge in [-0.05, 0) is 61.4 Å². The zero-order chi connectivity index (χ0) is 24.8. The molecule has 0 bridgehead atoms. The minimum absolute atomic E-state index is 0.821. The maximum absolute atomic E-state index is 5.93. The molecule has 0 aromatic heterocycles. The molecule has 0 saturated carbocycles. The van der Waals surface area contributed by atoms with Crippen molar-refractivity contribution >= 4 is 11.8 Å². The molecule has 0 unspecified atom stereocenters. The van der Waals surface area contributed by atoms with Gasteiger partial charge >= 0.3 is 0 Å². The molecule has 3 heteroatoms. The van der Waals surface area contributed by atoms with E-state index in [1.54, 1.807) is 11.8 Å². The molecular weight excluding hydrogens is 448 g/mol. The predicted molar refractivity (Wildman–Crippen MR) is 153 cm³/mol. The van der Waals surface area contributed by atoms with Crippen molar-refractivity contribution in [2.24, 2.45) is 0 Å². The first kappa shape index (κ1) is 29.6. The SMILES string of the molecule is CCCCCCCCCCOc1ccc(Sc2ccc(OCCCCCCCCCC)cc2)cc1. The van der Waals surface area contributed by atoms with Crippen LogP contribution >= 0.6 is 11.8 Å². The van der Waals surface area contributed by atoms with Crippen LogP contribution in [0.3, 0.4) is 0 Å². The van der Waals surface area contributed by atoms with Gasteiger partial charge in [0.2, 0.25) is 0 Å². The van der Waals surface area contributed by atoms with Gasteiger partial charge in [-0.15, -0.1) is 0 Å². The summed E-state index contributed by atoms with van der Waals surface area (Å²) in [6, 6.07) is 17.0. The summed E-state index contributed by atoms with van der Waals surface area (Å²) in [5, 5.41) is 0. The largest absolute Gasteiger partial charge is 0.494 e. The average Bonchev–Trinajstić information content (AvgIpc) is 2.88. The van der Waals surface area contributed by atoms with Crippen LogP contribution in [-0.2, 0) is 0 Å². The fraction of sp³-hybridized carbons (Fsp3) is 0.625. The topological polar surface area (TPSA) is 18.5 Å². The van der Waals surface area contributed by atoms with Crippen molar-refractivity contribution < 1.29 is 9.47 Å². The monoisotopic (exact) mass is 498 g/mol. The van der Waals surface area contributed by atoms with Gasteiger partial charge in [0.1, 0.15) is 11.5 Å². The Labute approximate surface area is 220 Å². The molecular formula is C32H50O2S. The molecule has 0 radical (unpaired) electrons. The first-order valence-corrected chi connectivity index (χ1v) is 15.3. The molecule has 2 aromatic rings. The van der Waals surface area contributed by atoms with E-state index in [-0.39, 0.29) is 0 Å². The first-order chi connectivity index (χ1) is 17.3.